The fraction of sp³-hybridized carbons (Fsp3) is 0.812. The number of hydrogen-bond acceptors (Lipinski definition) is 3. The Morgan fingerprint density at radius 2 is 1.58 bits per heavy atom. The summed E-state index contributed by atoms with van der Waals surface area (Å²) in [5, 5.41) is 9.39. The summed E-state index contributed by atoms with van der Waals surface area (Å²) in [6, 6.07) is 0. The fourth-order valence-corrected chi connectivity index (χ4v) is 2.74. The van der Waals surface area contributed by atoms with Crippen molar-refractivity contribution in [3.05, 3.63) is 11.5 Å². The van der Waals surface area contributed by atoms with E-state index in [1.54, 1.807) is 0 Å². The highest BCUT2D eigenvalue weighted by Gasteiger charge is 2.29. The van der Waals surface area contributed by atoms with Crippen molar-refractivity contribution in [2.75, 3.05) is 0 Å². The molecule has 0 aromatic rings. The highest BCUT2D eigenvalue weighted by molar-refractivity contribution is 5.96. The van der Waals surface area contributed by atoms with Crippen LogP contribution in [0.3, 0.4) is 0 Å². The van der Waals surface area contributed by atoms with Crippen molar-refractivity contribution in [2.24, 2.45) is 11.7 Å². The van der Waals surface area contributed by atoms with Crippen molar-refractivity contribution in [2.45, 2.75) is 77.6 Å². The van der Waals surface area contributed by atoms with Crippen molar-refractivity contribution in [3.8, 4) is 0 Å². The maximum Gasteiger partial charge on any atom is 0.199 e. The van der Waals surface area contributed by atoms with E-state index in [2.05, 4.69) is 6.92 Å². The Hall–Kier alpha value is -0.990. The van der Waals surface area contributed by atoms with E-state index >= 15 is 0 Å². The van der Waals surface area contributed by atoms with Crippen LogP contribution in [0.4, 0.5) is 0 Å². The van der Waals surface area contributed by atoms with Crippen molar-refractivity contribution in [1.29, 1.82) is 0 Å². The lowest BCUT2D eigenvalue weighted by Crippen LogP contribution is -2.08. The minimum Gasteiger partial charge on any atom is -0.503 e. The molecule has 0 aromatic carbocycles. The standard InChI is InChI=1S/C16H29NO2/c1-2-3-4-5-6-7-8-9-10-11-13-12-14(18)16(19)15(13)17/h13,19H,2-12,17H2,1H3. The Balaban J connectivity index is 1.96. The van der Waals surface area contributed by atoms with Crippen LogP contribution in [-0.2, 0) is 4.79 Å². The summed E-state index contributed by atoms with van der Waals surface area (Å²) in [6.45, 7) is 2.24. The maximum absolute atomic E-state index is 11.3. The van der Waals surface area contributed by atoms with Gasteiger partial charge in [-0.1, -0.05) is 64.7 Å². The highest BCUT2D eigenvalue weighted by Crippen LogP contribution is 2.28. The van der Waals surface area contributed by atoms with E-state index in [0.717, 1.165) is 12.8 Å². The Morgan fingerprint density at radius 3 is 2.05 bits per heavy atom. The van der Waals surface area contributed by atoms with Crippen LogP contribution in [0.15, 0.2) is 11.5 Å². The van der Waals surface area contributed by atoms with Crippen LogP contribution in [0, 0.1) is 5.92 Å². The summed E-state index contributed by atoms with van der Waals surface area (Å²) in [7, 11) is 0. The Bertz CT molecular complexity index is 310. The Morgan fingerprint density at radius 1 is 1.05 bits per heavy atom. The zero-order chi connectivity index (χ0) is 14.1. The number of carbonyl (C=O) groups excluding carboxylic acids is 1. The molecule has 0 radical (unpaired) electrons. The monoisotopic (exact) mass is 267 g/mol. The topological polar surface area (TPSA) is 63.3 Å². The first-order valence-electron chi connectivity index (χ1n) is 7.88. The molecule has 110 valence electrons. The zero-order valence-electron chi connectivity index (χ0n) is 12.3. The molecule has 0 aromatic heterocycles. The summed E-state index contributed by atoms with van der Waals surface area (Å²) in [5.41, 5.74) is 6.15. The molecule has 0 amide bonds. The Kier molecular flexibility index (Phi) is 7.61. The number of allylic oxidation sites excluding steroid dienone is 2. The summed E-state index contributed by atoms with van der Waals surface area (Å²) in [4.78, 5) is 11.3. The van der Waals surface area contributed by atoms with Gasteiger partial charge in [-0.2, -0.15) is 0 Å². The summed E-state index contributed by atoms with van der Waals surface area (Å²) in [5.74, 6) is -0.267. The predicted molar refractivity (Wildman–Crippen MR) is 78.8 cm³/mol. The second-order valence-electron chi connectivity index (χ2n) is 5.75. The SMILES string of the molecule is CCCCCCCCCCCC1CC(=O)C(O)=C1N. The number of nitrogens with two attached hydrogens (primary N) is 1. The summed E-state index contributed by atoms with van der Waals surface area (Å²) in [6.07, 6.45) is 13.1. The number of aliphatic hydroxyl groups excluding tert-OH is 1. The van der Waals surface area contributed by atoms with Crippen molar-refractivity contribution < 1.29 is 9.90 Å². The van der Waals surface area contributed by atoms with Crippen LogP contribution in [-0.4, -0.2) is 10.9 Å². The largest absolute Gasteiger partial charge is 0.503 e. The number of hydrogen-bond donors (Lipinski definition) is 2. The first kappa shape index (κ1) is 16.1. The lowest BCUT2D eigenvalue weighted by Gasteiger charge is -2.09. The van der Waals surface area contributed by atoms with Gasteiger partial charge in [-0.3, -0.25) is 4.79 Å². The summed E-state index contributed by atoms with van der Waals surface area (Å²) >= 11 is 0. The zero-order valence-corrected chi connectivity index (χ0v) is 12.3. The number of ketones is 1. The molecule has 1 atom stereocenters. The lowest BCUT2D eigenvalue weighted by molar-refractivity contribution is -0.117. The van der Waals surface area contributed by atoms with Crippen LogP contribution >= 0.6 is 0 Å². The van der Waals surface area contributed by atoms with Crippen LogP contribution in [0.1, 0.15) is 77.6 Å². The molecular formula is C16H29NO2. The fourth-order valence-electron chi connectivity index (χ4n) is 2.74. The van der Waals surface area contributed by atoms with Gasteiger partial charge in [-0.15, -0.1) is 0 Å². The first-order chi connectivity index (χ1) is 9.16. The van der Waals surface area contributed by atoms with E-state index in [1.807, 2.05) is 0 Å². The molecule has 0 fully saturated rings. The quantitative estimate of drug-likeness (QED) is 0.582. The normalized spacial score (nSPS) is 19.4. The molecule has 1 aliphatic carbocycles. The molecular weight excluding hydrogens is 238 g/mol. The molecule has 1 aliphatic rings. The molecule has 19 heavy (non-hydrogen) atoms. The third kappa shape index (κ3) is 5.66. The molecule has 0 heterocycles. The van der Waals surface area contributed by atoms with Crippen molar-refractivity contribution in [3.63, 3.8) is 0 Å². The average Bonchev–Trinajstić information content (AvgIpc) is 2.64. The number of rotatable bonds is 10. The van der Waals surface area contributed by atoms with E-state index in [4.69, 9.17) is 5.73 Å². The van der Waals surface area contributed by atoms with Gasteiger partial charge in [0.25, 0.3) is 0 Å². The number of carbonyl (C=O) groups is 1. The van der Waals surface area contributed by atoms with E-state index in [-0.39, 0.29) is 17.5 Å². The number of aliphatic hydroxyl groups is 1. The maximum atomic E-state index is 11.3. The molecule has 1 unspecified atom stereocenters. The van der Waals surface area contributed by atoms with Gasteiger partial charge in [-0.25, -0.2) is 0 Å². The third-order valence-electron chi connectivity index (χ3n) is 4.07. The van der Waals surface area contributed by atoms with Gasteiger partial charge in [0.1, 0.15) is 0 Å². The van der Waals surface area contributed by atoms with Crippen LogP contribution < -0.4 is 5.73 Å². The van der Waals surface area contributed by atoms with E-state index in [0.29, 0.717) is 12.1 Å². The van der Waals surface area contributed by atoms with Crippen LogP contribution in [0.5, 0.6) is 0 Å². The molecule has 3 N–H and O–H groups in total. The van der Waals surface area contributed by atoms with Gasteiger partial charge < -0.3 is 10.8 Å². The van der Waals surface area contributed by atoms with Gasteiger partial charge in [0.15, 0.2) is 11.5 Å². The van der Waals surface area contributed by atoms with Gasteiger partial charge in [0, 0.05) is 12.3 Å². The van der Waals surface area contributed by atoms with Gasteiger partial charge in [0.05, 0.1) is 5.70 Å². The van der Waals surface area contributed by atoms with E-state index < -0.39 is 0 Å². The van der Waals surface area contributed by atoms with Crippen LogP contribution in [0.2, 0.25) is 0 Å². The third-order valence-corrected chi connectivity index (χ3v) is 4.07. The summed E-state index contributed by atoms with van der Waals surface area (Å²) < 4.78 is 0. The molecule has 3 nitrogen and oxygen atoms in total. The highest BCUT2D eigenvalue weighted by atomic mass is 16.3. The molecule has 0 saturated heterocycles. The van der Waals surface area contributed by atoms with Crippen LogP contribution in [0.25, 0.3) is 0 Å². The molecule has 0 bridgehead atoms. The second-order valence-corrected chi connectivity index (χ2v) is 5.75. The number of unbranched alkanes of at least 4 members (excludes halogenated alkanes) is 8. The molecule has 0 saturated carbocycles. The Labute approximate surface area is 117 Å². The van der Waals surface area contributed by atoms with Gasteiger partial charge in [-0.05, 0) is 6.42 Å². The molecule has 1 rings (SSSR count). The molecule has 0 spiro atoms. The molecule has 3 heteroatoms. The van der Waals surface area contributed by atoms with Crippen molar-refractivity contribution in [1.82, 2.24) is 0 Å². The first-order valence-corrected chi connectivity index (χ1v) is 7.88. The minimum absolute atomic E-state index is 0.0945. The van der Waals surface area contributed by atoms with Gasteiger partial charge in [0.2, 0.25) is 0 Å². The molecule has 0 aliphatic heterocycles. The second kappa shape index (κ2) is 9.00. The smallest absolute Gasteiger partial charge is 0.199 e. The van der Waals surface area contributed by atoms with Crippen molar-refractivity contribution >= 4 is 5.78 Å². The van der Waals surface area contributed by atoms with E-state index in [1.165, 1.54) is 51.4 Å². The number of Topliss-reactive ketones (excluding diaryl/α,β-unsaturated/α-hetero) is 1. The lowest BCUT2D eigenvalue weighted by atomic mass is 9.97. The average molecular weight is 267 g/mol. The van der Waals surface area contributed by atoms with E-state index in [9.17, 15) is 9.90 Å². The predicted octanol–water partition coefficient (Wildman–Crippen LogP) is 4.22. The van der Waals surface area contributed by atoms with Gasteiger partial charge >= 0.3 is 0 Å². The minimum atomic E-state index is -0.182.